The van der Waals surface area contributed by atoms with Crippen LogP contribution >= 0.6 is 11.8 Å². The number of benzene rings is 2. The molecule has 1 N–H and O–H groups in total. The summed E-state index contributed by atoms with van der Waals surface area (Å²) in [6.45, 7) is 1.69. The number of hydrogen-bond acceptors (Lipinski definition) is 8. The number of aromatic nitrogens is 2. The molecule has 0 fully saturated rings. The van der Waals surface area contributed by atoms with Gasteiger partial charge in [-0.05, 0) is 37.4 Å². The monoisotopic (exact) mass is 449 g/mol. The molecular weight excluding hydrogens is 430 g/mol. The van der Waals surface area contributed by atoms with Crippen molar-refractivity contribution in [3.8, 4) is 29.2 Å². The summed E-state index contributed by atoms with van der Waals surface area (Å²) in [4.78, 5) is 20.5. The van der Waals surface area contributed by atoms with Crippen LogP contribution in [0.4, 0.5) is 0 Å². The van der Waals surface area contributed by atoms with Crippen LogP contribution in [-0.2, 0) is 9.53 Å². The highest BCUT2D eigenvalue weighted by atomic mass is 32.2. The second-order valence-corrected chi connectivity index (χ2v) is 7.11. The lowest BCUT2D eigenvalue weighted by Gasteiger charge is -2.15. The largest absolute Gasteiger partial charge is 0.503 e. The Bertz CT molecular complexity index is 1220. The van der Waals surface area contributed by atoms with Crippen LogP contribution in [-0.4, -0.2) is 34.4 Å². The first-order valence-corrected chi connectivity index (χ1v) is 10.5. The number of aliphatic carboxylic acids is 1. The molecule has 3 aromatic rings. The summed E-state index contributed by atoms with van der Waals surface area (Å²) in [7, 11) is 1.36. The molecule has 32 heavy (non-hydrogen) atoms. The maximum Gasteiger partial charge on any atom is 0.339 e. The number of nitriles is 1. The molecule has 0 aliphatic heterocycles. The minimum Gasteiger partial charge on any atom is -0.503 e. The smallest absolute Gasteiger partial charge is 0.339 e. The molecule has 0 amide bonds. The van der Waals surface area contributed by atoms with Gasteiger partial charge in [-0.2, -0.15) is 10.2 Å². The van der Waals surface area contributed by atoms with Crippen LogP contribution in [0, 0.1) is 18.3 Å². The minimum absolute atomic E-state index is 0.0714. The molecule has 1 heterocycles. The zero-order valence-electron chi connectivity index (χ0n) is 17.5. The zero-order valence-corrected chi connectivity index (χ0v) is 18.3. The fourth-order valence-electron chi connectivity index (χ4n) is 2.80. The first-order chi connectivity index (χ1) is 15.5. The number of aryl methyl sites for hydroxylation is 1. The van der Waals surface area contributed by atoms with Crippen molar-refractivity contribution in [3.63, 3.8) is 0 Å². The molecule has 0 saturated carbocycles. The Kier molecular flexibility index (Phi) is 7.31. The summed E-state index contributed by atoms with van der Waals surface area (Å²) in [6, 6.07) is 15.7. The topological polar surface area (TPSA) is 115 Å². The SMILES string of the molecule is CO/C=C(/C(=O)O)c1c(Oc2cccc(Oc3ccccc3C#N)c2)nc(C)nc1SC. The molecule has 2 aromatic carbocycles. The van der Waals surface area contributed by atoms with Crippen molar-refractivity contribution >= 4 is 23.3 Å². The highest BCUT2D eigenvalue weighted by Gasteiger charge is 2.24. The highest BCUT2D eigenvalue weighted by Crippen LogP contribution is 2.36. The molecule has 0 aliphatic rings. The first kappa shape index (κ1) is 22.7. The molecule has 0 atom stereocenters. The number of methoxy groups -OCH3 is 1. The van der Waals surface area contributed by atoms with Crippen molar-refractivity contribution in [2.75, 3.05) is 13.4 Å². The van der Waals surface area contributed by atoms with Gasteiger partial charge in [0.25, 0.3) is 0 Å². The van der Waals surface area contributed by atoms with Gasteiger partial charge in [-0.15, -0.1) is 11.8 Å². The number of carboxylic acids is 1. The van der Waals surface area contributed by atoms with Crippen LogP contribution in [0.1, 0.15) is 17.0 Å². The molecule has 3 rings (SSSR count). The molecule has 0 radical (unpaired) electrons. The van der Waals surface area contributed by atoms with Gasteiger partial charge in [0.1, 0.15) is 39.7 Å². The van der Waals surface area contributed by atoms with Gasteiger partial charge in [0, 0.05) is 6.07 Å². The first-order valence-electron chi connectivity index (χ1n) is 9.31. The van der Waals surface area contributed by atoms with E-state index in [-0.39, 0.29) is 17.0 Å². The van der Waals surface area contributed by atoms with E-state index < -0.39 is 5.97 Å². The van der Waals surface area contributed by atoms with Gasteiger partial charge in [-0.3, -0.25) is 0 Å². The van der Waals surface area contributed by atoms with E-state index >= 15 is 0 Å². The van der Waals surface area contributed by atoms with E-state index in [4.69, 9.17) is 14.2 Å². The Morgan fingerprint density at radius 3 is 2.50 bits per heavy atom. The second kappa shape index (κ2) is 10.3. The van der Waals surface area contributed by atoms with Crippen molar-refractivity contribution < 1.29 is 24.1 Å². The van der Waals surface area contributed by atoms with Gasteiger partial charge >= 0.3 is 5.97 Å². The molecule has 162 valence electrons. The lowest BCUT2D eigenvalue weighted by molar-refractivity contribution is -0.130. The summed E-state index contributed by atoms with van der Waals surface area (Å²) >= 11 is 1.27. The van der Waals surface area contributed by atoms with E-state index in [2.05, 4.69) is 16.0 Å². The summed E-state index contributed by atoms with van der Waals surface area (Å²) in [6.07, 6.45) is 2.89. The van der Waals surface area contributed by atoms with Crippen molar-refractivity contribution in [1.29, 1.82) is 5.26 Å². The van der Waals surface area contributed by atoms with Gasteiger partial charge in [0.15, 0.2) is 0 Å². The molecule has 9 heteroatoms. The maximum absolute atomic E-state index is 11.9. The van der Waals surface area contributed by atoms with Crippen LogP contribution < -0.4 is 9.47 Å². The van der Waals surface area contributed by atoms with Gasteiger partial charge in [-0.1, -0.05) is 18.2 Å². The van der Waals surface area contributed by atoms with E-state index in [1.54, 1.807) is 61.7 Å². The molecule has 0 saturated heterocycles. The second-order valence-electron chi connectivity index (χ2n) is 6.32. The van der Waals surface area contributed by atoms with Gasteiger partial charge < -0.3 is 19.3 Å². The fraction of sp³-hybridized carbons (Fsp3) is 0.130. The van der Waals surface area contributed by atoms with E-state index in [0.717, 1.165) is 6.26 Å². The third kappa shape index (κ3) is 5.17. The Morgan fingerprint density at radius 1 is 1.12 bits per heavy atom. The van der Waals surface area contributed by atoms with Gasteiger partial charge in [0.05, 0.1) is 24.5 Å². The average Bonchev–Trinajstić information content (AvgIpc) is 2.78. The molecule has 0 bridgehead atoms. The predicted octanol–water partition coefficient (Wildman–Crippen LogP) is 5.04. The number of rotatable bonds is 8. The van der Waals surface area contributed by atoms with Gasteiger partial charge in [-0.25, -0.2) is 9.78 Å². The van der Waals surface area contributed by atoms with E-state index in [1.165, 1.54) is 18.9 Å². The summed E-state index contributed by atoms with van der Waals surface area (Å²) in [5.74, 6) is 0.503. The molecule has 0 aliphatic carbocycles. The minimum atomic E-state index is -1.20. The van der Waals surface area contributed by atoms with E-state index in [0.29, 0.717) is 33.7 Å². The van der Waals surface area contributed by atoms with Crippen molar-refractivity contribution in [1.82, 2.24) is 9.97 Å². The summed E-state index contributed by atoms with van der Waals surface area (Å²) in [5.41, 5.74) is 0.466. The van der Waals surface area contributed by atoms with Crippen LogP contribution in [0.15, 0.2) is 59.8 Å². The molecular formula is C23H19N3O5S. The predicted molar refractivity (Wildman–Crippen MR) is 119 cm³/mol. The lowest BCUT2D eigenvalue weighted by atomic mass is 10.1. The third-order valence-corrected chi connectivity index (χ3v) is 4.82. The lowest BCUT2D eigenvalue weighted by Crippen LogP contribution is -2.08. The molecule has 1 aromatic heterocycles. The molecule has 8 nitrogen and oxygen atoms in total. The number of hydrogen-bond donors (Lipinski definition) is 1. The van der Waals surface area contributed by atoms with Gasteiger partial charge in [0.2, 0.25) is 5.88 Å². The standard InChI is InChI=1S/C23H19N3O5S/c1-14-25-21(20(22(26-14)32-3)18(13-29-2)23(27)28)31-17-9-6-8-16(11-17)30-19-10-5-4-7-15(19)12-24/h4-11,13H,1-3H3,(H,27,28)/b18-13+. The average molecular weight is 449 g/mol. The quantitative estimate of drug-likeness (QED) is 0.219. The zero-order chi connectivity index (χ0) is 23.1. The van der Waals surface area contributed by atoms with Crippen LogP contribution in [0.5, 0.6) is 23.1 Å². The number of para-hydroxylation sites is 1. The Morgan fingerprint density at radius 2 is 1.84 bits per heavy atom. The number of carboxylic acid groups (broad SMARTS) is 1. The molecule has 0 spiro atoms. The van der Waals surface area contributed by atoms with Crippen molar-refractivity contribution in [2.24, 2.45) is 0 Å². The number of ether oxygens (including phenoxy) is 3. The fourth-order valence-corrected chi connectivity index (χ4v) is 3.42. The highest BCUT2D eigenvalue weighted by molar-refractivity contribution is 7.98. The van der Waals surface area contributed by atoms with Crippen LogP contribution in [0.25, 0.3) is 5.57 Å². The van der Waals surface area contributed by atoms with Crippen LogP contribution in [0.2, 0.25) is 0 Å². The number of carbonyl (C=O) groups is 1. The van der Waals surface area contributed by atoms with Crippen molar-refractivity contribution in [3.05, 3.63) is 71.7 Å². The van der Waals surface area contributed by atoms with E-state index in [1.807, 2.05) is 0 Å². The summed E-state index contributed by atoms with van der Waals surface area (Å²) < 4.78 is 16.8. The van der Waals surface area contributed by atoms with Crippen LogP contribution in [0.3, 0.4) is 0 Å². The number of nitrogens with zero attached hydrogens (tertiary/aromatic N) is 3. The normalized spacial score (nSPS) is 10.9. The number of thioether (sulfide) groups is 1. The van der Waals surface area contributed by atoms with E-state index in [9.17, 15) is 15.2 Å². The maximum atomic E-state index is 11.9. The Labute approximate surface area is 189 Å². The third-order valence-electron chi connectivity index (χ3n) is 4.14. The molecule has 0 unspecified atom stereocenters. The Balaban J connectivity index is 2.01. The Hall–Kier alpha value is -4.03. The van der Waals surface area contributed by atoms with Crippen molar-refractivity contribution in [2.45, 2.75) is 11.9 Å². The summed E-state index contributed by atoms with van der Waals surface area (Å²) in [5, 5.41) is 19.4.